The minimum absolute atomic E-state index is 0.188. The predicted octanol–water partition coefficient (Wildman–Crippen LogP) is 3.24. The molecule has 3 rings (SSSR count). The number of ether oxygens (including phenoxy) is 1. The number of nitrogen functional groups attached to an aromatic ring is 1. The third-order valence-electron chi connectivity index (χ3n) is 3.87. The van der Waals surface area contributed by atoms with Gasteiger partial charge >= 0.3 is 5.97 Å². The fourth-order valence-electron chi connectivity index (χ4n) is 2.77. The number of carbonyl (C=O) groups excluding carboxylic acids is 2. The molecule has 25 heavy (non-hydrogen) atoms. The molecule has 0 spiro atoms. The molecule has 6 heteroatoms. The SMILES string of the molecule is CCOC(=O)c1cccc(NC(C)=C2C(=O)Nc3ccc(N)cc32)c1. The van der Waals surface area contributed by atoms with Gasteiger partial charge in [-0.15, -0.1) is 0 Å². The number of anilines is 3. The molecule has 0 saturated carbocycles. The highest BCUT2D eigenvalue weighted by atomic mass is 16.5. The highest BCUT2D eigenvalue weighted by Crippen LogP contribution is 2.35. The standard InChI is InChI=1S/C19H19N3O3/c1-3-25-19(24)12-5-4-6-14(9-12)21-11(2)17-15-10-13(20)7-8-16(15)22-18(17)23/h4-10,21H,3,20H2,1-2H3,(H,22,23). The van der Waals surface area contributed by atoms with Gasteiger partial charge in [0.2, 0.25) is 0 Å². The van der Waals surface area contributed by atoms with Crippen LogP contribution >= 0.6 is 0 Å². The average molecular weight is 337 g/mol. The number of hydrogen-bond acceptors (Lipinski definition) is 5. The van der Waals surface area contributed by atoms with E-state index >= 15 is 0 Å². The minimum Gasteiger partial charge on any atom is -0.462 e. The van der Waals surface area contributed by atoms with Crippen LogP contribution in [0.3, 0.4) is 0 Å². The molecular weight excluding hydrogens is 318 g/mol. The number of fused-ring (bicyclic) bond motifs is 1. The highest BCUT2D eigenvalue weighted by molar-refractivity contribution is 6.32. The second-order valence-corrected chi connectivity index (χ2v) is 5.69. The van der Waals surface area contributed by atoms with Crippen molar-refractivity contribution in [2.75, 3.05) is 23.0 Å². The van der Waals surface area contributed by atoms with Crippen LogP contribution in [0.4, 0.5) is 17.1 Å². The van der Waals surface area contributed by atoms with Crippen molar-refractivity contribution >= 4 is 34.5 Å². The van der Waals surface area contributed by atoms with Crippen molar-refractivity contribution in [3.63, 3.8) is 0 Å². The van der Waals surface area contributed by atoms with E-state index in [1.807, 2.05) is 13.0 Å². The predicted molar refractivity (Wildman–Crippen MR) is 98.1 cm³/mol. The first-order chi connectivity index (χ1) is 12.0. The zero-order valence-electron chi connectivity index (χ0n) is 14.1. The van der Waals surface area contributed by atoms with Gasteiger partial charge in [0.15, 0.2) is 0 Å². The molecule has 128 valence electrons. The third-order valence-corrected chi connectivity index (χ3v) is 3.87. The maximum Gasteiger partial charge on any atom is 0.338 e. The summed E-state index contributed by atoms with van der Waals surface area (Å²) in [4.78, 5) is 24.2. The number of hydrogen-bond donors (Lipinski definition) is 3. The van der Waals surface area contributed by atoms with Crippen LogP contribution in [0.15, 0.2) is 48.2 Å². The molecule has 1 aliphatic rings. The second-order valence-electron chi connectivity index (χ2n) is 5.69. The summed E-state index contributed by atoms with van der Waals surface area (Å²) in [5.74, 6) is -0.569. The Hall–Kier alpha value is -3.28. The van der Waals surface area contributed by atoms with Crippen molar-refractivity contribution in [3.05, 3.63) is 59.3 Å². The second kappa shape index (κ2) is 6.68. The summed E-state index contributed by atoms with van der Waals surface area (Å²) in [5.41, 5.74) is 10.3. The molecule has 0 atom stereocenters. The van der Waals surface area contributed by atoms with Crippen molar-refractivity contribution in [2.45, 2.75) is 13.8 Å². The molecule has 1 aliphatic heterocycles. The fraction of sp³-hybridized carbons (Fsp3) is 0.158. The van der Waals surface area contributed by atoms with E-state index in [0.717, 1.165) is 11.3 Å². The quantitative estimate of drug-likeness (QED) is 0.452. The van der Waals surface area contributed by atoms with Gasteiger partial charge in [-0.3, -0.25) is 4.79 Å². The van der Waals surface area contributed by atoms with Gasteiger partial charge in [-0.25, -0.2) is 4.79 Å². The first-order valence-corrected chi connectivity index (χ1v) is 7.96. The van der Waals surface area contributed by atoms with Gasteiger partial charge in [-0.05, 0) is 50.2 Å². The number of rotatable bonds is 4. The Balaban J connectivity index is 1.92. The van der Waals surface area contributed by atoms with Gasteiger partial charge in [0.1, 0.15) is 0 Å². The summed E-state index contributed by atoms with van der Waals surface area (Å²) in [6, 6.07) is 12.2. The van der Waals surface area contributed by atoms with Crippen LogP contribution in [0.2, 0.25) is 0 Å². The Morgan fingerprint density at radius 2 is 2.04 bits per heavy atom. The van der Waals surface area contributed by atoms with E-state index in [2.05, 4.69) is 10.6 Å². The van der Waals surface area contributed by atoms with Crippen LogP contribution in [0.25, 0.3) is 5.57 Å². The maximum absolute atomic E-state index is 12.3. The average Bonchev–Trinajstić information content (AvgIpc) is 2.90. The van der Waals surface area contributed by atoms with E-state index in [0.29, 0.717) is 34.8 Å². The van der Waals surface area contributed by atoms with E-state index in [-0.39, 0.29) is 11.9 Å². The molecule has 2 aromatic rings. The van der Waals surface area contributed by atoms with Crippen molar-refractivity contribution in [1.82, 2.24) is 0 Å². The molecule has 0 aliphatic carbocycles. The number of allylic oxidation sites excluding steroid dienone is 1. The Labute approximate surface area is 145 Å². The molecule has 1 heterocycles. The lowest BCUT2D eigenvalue weighted by Crippen LogP contribution is -2.09. The van der Waals surface area contributed by atoms with Gasteiger partial charge < -0.3 is 21.1 Å². The van der Waals surface area contributed by atoms with Gasteiger partial charge in [0, 0.05) is 28.3 Å². The number of amides is 1. The van der Waals surface area contributed by atoms with E-state index in [1.54, 1.807) is 43.3 Å². The Kier molecular flexibility index (Phi) is 4.43. The highest BCUT2D eigenvalue weighted by Gasteiger charge is 2.26. The summed E-state index contributed by atoms with van der Waals surface area (Å²) in [6.45, 7) is 3.89. The van der Waals surface area contributed by atoms with E-state index in [9.17, 15) is 9.59 Å². The van der Waals surface area contributed by atoms with Crippen LogP contribution < -0.4 is 16.4 Å². The first kappa shape index (κ1) is 16.6. The molecule has 4 N–H and O–H groups in total. The largest absolute Gasteiger partial charge is 0.462 e. The Morgan fingerprint density at radius 3 is 2.80 bits per heavy atom. The Morgan fingerprint density at radius 1 is 1.24 bits per heavy atom. The molecule has 0 fully saturated rings. The molecule has 6 nitrogen and oxygen atoms in total. The third kappa shape index (κ3) is 3.33. The monoisotopic (exact) mass is 337 g/mol. The number of carbonyl (C=O) groups is 2. The topological polar surface area (TPSA) is 93.4 Å². The lowest BCUT2D eigenvalue weighted by atomic mass is 10.0. The lowest BCUT2D eigenvalue weighted by molar-refractivity contribution is -0.110. The summed E-state index contributed by atoms with van der Waals surface area (Å²) in [6.07, 6.45) is 0. The minimum atomic E-state index is -0.381. The summed E-state index contributed by atoms with van der Waals surface area (Å²) in [7, 11) is 0. The maximum atomic E-state index is 12.3. The van der Waals surface area contributed by atoms with Crippen LogP contribution in [0.1, 0.15) is 29.8 Å². The Bertz CT molecular complexity index is 887. The number of benzene rings is 2. The van der Waals surface area contributed by atoms with Crippen LogP contribution in [-0.2, 0) is 9.53 Å². The van der Waals surface area contributed by atoms with Crippen LogP contribution in [0, 0.1) is 0 Å². The summed E-state index contributed by atoms with van der Waals surface area (Å²) in [5, 5.41) is 6.00. The van der Waals surface area contributed by atoms with Gasteiger partial charge in [0.05, 0.1) is 17.7 Å². The lowest BCUT2D eigenvalue weighted by Gasteiger charge is -2.11. The zero-order valence-corrected chi connectivity index (χ0v) is 14.1. The van der Waals surface area contributed by atoms with Crippen molar-refractivity contribution < 1.29 is 14.3 Å². The summed E-state index contributed by atoms with van der Waals surface area (Å²) < 4.78 is 5.01. The smallest absolute Gasteiger partial charge is 0.338 e. The number of nitrogens with one attached hydrogen (secondary N) is 2. The van der Waals surface area contributed by atoms with Crippen molar-refractivity contribution in [3.8, 4) is 0 Å². The molecule has 0 aromatic heterocycles. The van der Waals surface area contributed by atoms with Gasteiger partial charge in [0.25, 0.3) is 5.91 Å². The first-order valence-electron chi connectivity index (χ1n) is 7.96. The van der Waals surface area contributed by atoms with Crippen molar-refractivity contribution in [1.29, 1.82) is 0 Å². The molecule has 1 amide bonds. The zero-order chi connectivity index (χ0) is 18.0. The molecule has 0 saturated heterocycles. The van der Waals surface area contributed by atoms with E-state index in [4.69, 9.17) is 10.5 Å². The van der Waals surface area contributed by atoms with Crippen molar-refractivity contribution in [2.24, 2.45) is 0 Å². The van der Waals surface area contributed by atoms with Crippen LogP contribution in [-0.4, -0.2) is 18.5 Å². The van der Waals surface area contributed by atoms with E-state index < -0.39 is 0 Å². The molecule has 2 aromatic carbocycles. The van der Waals surface area contributed by atoms with Gasteiger partial charge in [-0.1, -0.05) is 6.07 Å². The number of esters is 1. The summed E-state index contributed by atoms with van der Waals surface area (Å²) >= 11 is 0. The van der Waals surface area contributed by atoms with Crippen LogP contribution in [0.5, 0.6) is 0 Å². The molecule has 0 bridgehead atoms. The molecule has 0 unspecified atom stereocenters. The van der Waals surface area contributed by atoms with E-state index in [1.165, 1.54) is 0 Å². The normalized spacial score (nSPS) is 14.6. The number of nitrogens with two attached hydrogens (primary N) is 1. The fourth-order valence-corrected chi connectivity index (χ4v) is 2.77. The molecular formula is C19H19N3O3. The molecule has 0 radical (unpaired) electrons. The van der Waals surface area contributed by atoms with Gasteiger partial charge in [-0.2, -0.15) is 0 Å².